The molecule has 23 rings (SSSR count). The third kappa shape index (κ3) is 12.5. The van der Waals surface area contributed by atoms with E-state index in [0.29, 0.717) is 5.82 Å². The molecule has 0 bridgehead atoms. The summed E-state index contributed by atoms with van der Waals surface area (Å²) in [5, 5.41) is 14.5. The third-order valence-corrected chi connectivity index (χ3v) is 24.0. The Morgan fingerprint density at radius 2 is 0.661 bits per heavy atom. The van der Waals surface area contributed by atoms with Gasteiger partial charge in [-0.3, -0.25) is 0 Å². The molecule has 10 nitrogen and oxygen atoms in total. The highest BCUT2D eigenvalue weighted by Gasteiger charge is 2.52. The number of nitrogens with zero attached hydrogens (tertiary/aromatic N) is 8. The molecule has 12 heteroatoms. The molecule has 0 saturated carbocycles. The van der Waals surface area contributed by atoms with E-state index in [1.165, 1.54) is 104 Å². The molecular weight excluding hydrogens is 1460 g/mol. The van der Waals surface area contributed by atoms with E-state index in [0.717, 1.165) is 83.6 Å². The van der Waals surface area contributed by atoms with Crippen LogP contribution in [0.4, 0.5) is 0 Å². The number of benzene rings is 16. The smallest absolute Gasteiger partial charge is 0.399 e. The van der Waals surface area contributed by atoms with Gasteiger partial charge in [0.05, 0.1) is 66.7 Å². The van der Waals surface area contributed by atoms with Gasteiger partial charge in [0.2, 0.25) is 5.28 Å². The first-order valence-corrected chi connectivity index (χ1v) is 40.4. The van der Waals surface area contributed by atoms with E-state index in [4.69, 9.17) is 30.9 Å². The predicted molar refractivity (Wildman–Crippen MR) is 491 cm³/mol. The molecule has 1 aliphatic heterocycles. The van der Waals surface area contributed by atoms with Crippen LogP contribution in [0.25, 0.3) is 188 Å². The fourth-order valence-corrected chi connectivity index (χ4v) is 17.5. The van der Waals surface area contributed by atoms with Crippen LogP contribution in [0.1, 0.15) is 27.7 Å². The van der Waals surface area contributed by atoms with Crippen LogP contribution in [0.15, 0.2) is 389 Å². The summed E-state index contributed by atoms with van der Waals surface area (Å²) in [6, 6.07) is 133. The molecule has 0 amide bonds. The zero-order valence-electron chi connectivity index (χ0n) is 65.3. The molecule has 16 aromatic carbocycles. The molecular formula is C106H76BClN8O2. The second-order valence-corrected chi connectivity index (χ2v) is 31.6. The fraction of sp³-hybridized carbons (Fsp3) is 0.0566. The molecule has 0 atom stereocenters. The van der Waals surface area contributed by atoms with Crippen molar-refractivity contribution in [3.05, 3.63) is 394 Å². The minimum atomic E-state index is -0.396. The number of aromatic nitrogens is 8. The van der Waals surface area contributed by atoms with E-state index < -0.39 is 7.12 Å². The molecule has 1 fully saturated rings. The van der Waals surface area contributed by atoms with Crippen LogP contribution < -0.4 is 5.46 Å². The van der Waals surface area contributed by atoms with Crippen molar-refractivity contribution in [1.82, 2.24) is 38.2 Å². The van der Waals surface area contributed by atoms with Crippen molar-refractivity contribution < 1.29 is 9.31 Å². The molecule has 22 aromatic rings. The Hall–Kier alpha value is -14.3. The minimum Gasteiger partial charge on any atom is -0.399 e. The van der Waals surface area contributed by atoms with Gasteiger partial charge in [-0.05, 0) is 198 Å². The van der Waals surface area contributed by atoms with E-state index >= 15 is 0 Å². The molecule has 562 valence electrons. The Balaban J connectivity index is 0.000000117. The van der Waals surface area contributed by atoms with Gasteiger partial charge in [0, 0.05) is 94.9 Å². The predicted octanol–water partition coefficient (Wildman–Crippen LogP) is 26.6. The average molecular weight is 1540 g/mol. The summed E-state index contributed by atoms with van der Waals surface area (Å²) in [4.78, 5) is 19.3. The van der Waals surface area contributed by atoms with Crippen molar-refractivity contribution in [1.29, 1.82) is 0 Å². The zero-order valence-corrected chi connectivity index (χ0v) is 66.1. The quantitative estimate of drug-likeness (QED) is 0.100. The number of hydrogen-bond acceptors (Lipinski definition) is 6. The second kappa shape index (κ2) is 29.2. The first kappa shape index (κ1) is 71.5. The topological polar surface area (TPSA) is 89.7 Å². The standard InChI is InChI=1S/C50H32N4.C32H29BN2O2.C24H15ClN2/c1-3-14-37(15-4-1)53-31-30-43-46(53)29-27-41-44-32-36(26-28-47(44)54(49(41)43)38-16-5-2-6-17-38)50-51-45-21-10-9-19-42(45)48(52-50)35-24-22-34(23-25-35)40-20-11-13-33-12-7-8-18-39(33)40;1-31(2)32(3,4)37-33(36-31)22-15-17-29-27(21-22)25-16-18-28-26(19-20-34(28)23-11-7-5-8-12-23)30(25)35(29)24-13-9-6-10-14-24;25-24-26-22-11-4-3-9-21(22)23(27-24)18-14-12-17(13-15-18)20-10-5-7-16-6-1-2-8-19(16)20/h1-32H;5-21H,1-4H3;1-15H. The van der Waals surface area contributed by atoms with Gasteiger partial charge in [0.1, 0.15) is 0 Å². The van der Waals surface area contributed by atoms with Crippen molar-refractivity contribution in [3.63, 3.8) is 0 Å². The maximum Gasteiger partial charge on any atom is 0.494 e. The summed E-state index contributed by atoms with van der Waals surface area (Å²) >= 11 is 6.14. The van der Waals surface area contributed by atoms with Gasteiger partial charge in [0.25, 0.3) is 0 Å². The first-order chi connectivity index (χ1) is 57.9. The van der Waals surface area contributed by atoms with E-state index in [2.05, 4.69) is 420 Å². The molecule has 0 radical (unpaired) electrons. The normalized spacial score (nSPS) is 13.2. The first-order valence-electron chi connectivity index (χ1n) is 40.0. The lowest BCUT2D eigenvalue weighted by Crippen LogP contribution is -2.41. The van der Waals surface area contributed by atoms with Gasteiger partial charge in [0.15, 0.2) is 5.82 Å². The van der Waals surface area contributed by atoms with Crippen LogP contribution in [0.5, 0.6) is 0 Å². The number of hydrogen-bond donors (Lipinski definition) is 0. The van der Waals surface area contributed by atoms with E-state index in [1.54, 1.807) is 0 Å². The third-order valence-electron chi connectivity index (χ3n) is 23.8. The van der Waals surface area contributed by atoms with Gasteiger partial charge in [-0.2, -0.15) is 0 Å². The van der Waals surface area contributed by atoms with Crippen LogP contribution >= 0.6 is 11.6 Å². The average Bonchev–Trinajstić information content (AvgIpc) is 1.55. The summed E-state index contributed by atoms with van der Waals surface area (Å²) < 4.78 is 22.1. The lowest BCUT2D eigenvalue weighted by molar-refractivity contribution is 0.00578. The SMILES string of the molecule is CC1(C)OB(c2ccc3c(c2)c2ccc4c(ccn4-c4ccccc4)c2n3-c2ccccc2)OC1(C)C.Clc1nc(-c2ccc(-c3cccc4ccccc34)cc2)c2ccccc2n1.c1ccc(-n2ccc3c2ccc2c4cc(-c5nc(-c6ccc(-c7cccc8ccccc78)cc6)c6ccccc6n5)ccc4n(-c4ccccc4)c23)cc1. The van der Waals surface area contributed by atoms with Crippen molar-refractivity contribution >= 4 is 133 Å². The van der Waals surface area contributed by atoms with Crippen LogP contribution in [-0.2, 0) is 9.31 Å². The second-order valence-electron chi connectivity index (χ2n) is 31.2. The maximum atomic E-state index is 6.39. The van der Waals surface area contributed by atoms with Gasteiger partial charge >= 0.3 is 7.12 Å². The summed E-state index contributed by atoms with van der Waals surface area (Å²) in [6.45, 7) is 8.39. The Labute approximate surface area is 687 Å². The zero-order chi connectivity index (χ0) is 79.2. The Bertz CT molecular complexity index is 7600. The highest BCUT2D eigenvalue weighted by Crippen LogP contribution is 2.44. The molecule has 0 aliphatic carbocycles. The largest absolute Gasteiger partial charge is 0.494 e. The van der Waals surface area contributed by atoms with Gasteiger partial charge in [-0.15, -0.1) is 0 Å². The molecule has 0 N–H and O–H groups in total. The van der Waals surface area contributed by atoms with Crippen LogP contribution in [-0.4, -0.2) is 56.5 Å². The summed E-state index contributed by atoms with van der Waals surface area (Å²) in [5.74, 6) is 0.709. The van der Waals surface area contributed by atoms with Gasteiger partial charge in [-0.25, -0.2) is 19.9 Å². The van der Waals surface area contributed by atoms with E-state index in [1.807, 2.05) is 24.3 Å². The van der Waals surface area contributed by atoms with Crippen molar-refractivity contribution in [2.45, 2.75) is 38.9 Å². The number of halogens is 1. The maximum absolute atomic E-state index is 6.39. The Kier molecular flexibility index (Phi) is 17.7. The molecule has 118 heavy (non-hydrogen) atoms. The monoisotopic (exact) mass is 1540 g/mol. The lowest BCUT2D eigenvalue weighted by atomic mass is 9.78. The van der Waals surface area contributed by atoms with E-state index in [-0.39, 0.29) is 16.5 Å². The molecule has 1 aliphatic rings. The summed E-state index contributed by atoms with van der Waals surface area (Å²) in [6.07, 6.45) is 4.35. The number of para-hydroxylation sites is 6. The molecule has 7 heterocycles. The fourth-order valence-electron chi connectivity index (χ4n) is 17.3. The minimum absolute atomic E-state index is 0.266. The molecule has 1 saturated heterocycles. The van der Waals surface area contributed by atoms with Crippen LogP contribution in [0, 0.1) is 0 Å². The highest BCUT2D eigenvalue weighted by atomic mass is 35.5. The van der Waals surface area contributed by atoms with Gasteiger partial charge < -0.3 is 27.6 Å². The highest BCUT2D eigenvalue weighted by molar-refractivity contribution is 6.62. The van der Waals surface area contributed by atoms with Crippen molar-refractivity contribution in [2.75, 3.05) is 0 Å². The number of rotatable bonds is 10. The molecule has 6 aromatic heterocycles. The van der Waals surface area contributed by atoms with Crippen molar-refractivity contribution in [3.8, 4) is 78.9 Å². The summed E-state index contributed by atoms with van der Waals surface area (Å²) in [7, 11) is -0.396. The molecule has 0 spiro atoms. The van der Waals surface area contributed by atoms with Crippen LogP contribution in [0.2, 0.25) is 5.28 Å². The van der Waals surface area contributed by atoms with E-state index in [9.17, 15) is 0 Å². The Morgan fingerprint density at radius 1 is 0.280 bits per heavy atom. The Morgan fingerprint density at radius 3 is 1.15 bits per heavy atom. The number of fused-ring (bicyclic) bond motifs is 14. The van der Waals surface area contributed by atoms with Crippen molar-refractivity contribution in [2.24, 2.45) is 0 Å². The lowest BCUT2D eigenvalue weighted by Gasteiger charge is -2.32. The van der Waals surface area contributed by atoms with Crippen LogP contribution in [0.3, 0.4) is 0 Å². The summed E-state index contributed by atoms with van der Waals surface area (Å²) in [5.41, 5.74) is 23.4. The van der Waals surface area contributed by atoms with Gasteiger partial charge in [-0.1, -0.05) is 267 Å². The molecule has 0 unspecified atom stereocenters.